The van der Waals surface area contributed by atoms with Gasteiger partial charge in [-0.25, -0.2) is 0 Å². The number of carbonyl (C=O) groups is 1. The summed E-state index contributed by atoms with van der Waals surface area (Å²) in [5.74, 6) is -0.0502. The summed E-state index contributed by atoms with van der Waals surface area (Å²) in [5.41, 5.74) is 1.10. The Morgan fingerprint density at radius 1 is 1.07 bits per heavy atom. The number of non-ortho nitro benzene ring substituents is 1. The van der Waals surface area contributed by atoms with Crippen molar-refractivity contribution < 1.29 is 14.5 Å². The average molecular weight is 365 g/mol. The van der Waals surface area contributed by atoms with Crippen LogP contribution in [0, 0.1) is 10.1 Å². The van der Waals surface area contributed by atoms with Crippen molar-refractivity contribution in [2.24, 2.45) is 0 Å². The van der Waals surface area contributed by atoms with E-state index in [9.17, 15) is 14.9 Å². The van der Waals surface area contributed by atoms with E-state index in [4.69, 9.17) is 4.74 Å². The van der Waals surface area contributed by atoms with Crippen molar-refractivity contribution in [1.29, 1.82) is 0 Å². The van der Waals surface area contributed by atoms with Gasteiger partial charge in [-0.05, 0) is 35.9 Å². The van der Waals surface area contributed by atoms with Gasteiger partial charge in [-0.15, -0.1) is 0 Å². The quantitative estimate of drug-likeness (QED) is 0.504. The zero-order valence-corrected chi connectivity index (χ0v) is 14.9. The number of nitro groups is 1. The van der Waals surface area contributed by atoms with E-state index < -0.39 is 11.0 Å². The Labute approximate surface area is 156 Å². The normalized spacial score (nSPS) is 11.6. The maximum atomic E-state index is 12.5. The Hall–Kier alpha value is -3.61. The third-order valence-corrected chi connectivity index (χ3v) is 4.18. The van der Waals surface area contributed by atoms with E-state index in [2.05, 4.69) is 10.6 Å². The Kier molecular flexibility index (Phi) is 5.21. The second-order valence-electron chi connectivity index (χ2n) is 6.06. The number of ether oxygens (including phenoxy) is 1. The number of nitrogens with zero attached hydrogens (tertiary/aromatic N) is 1. The van der Waals surface area contributed by atoms with Gasteiger partial charge in [0.25, 0.3) is 5.69 Å². The molecule has 1 atom stereocenters. The molecule has 138 valence electrons. The van der Waals surface area contributed by atoms with E-state index in [0.29, 0.717) is 5.69 Å². The Morgan fingerprint density at radius 2 is 1.81 bits per heavy atom. The minimum Gasteiger partial charge on any atom is -0.494 e. The van der Waals surface area contributed by atoms with Crippen LogP contribution in [0.3, 0.4) is 0 Å². The third-order valence-electron chi connectivity index (χ3n) is 4.18. The predicted molar refractivity (Wildman–Crippen MR) is 105 cm³/mol. The number of rotatable bonds is 6. The first kappa shape index (κ1) is 18.2. The lowest BCUT2D eigenvalue weighted by atomic mass is 10.1. The van der Waals surface area contributed by atoms with Gasteiger partial charge in [0, 0.05) is 11.8 Å². The van der Waals surface area contributed by atoms with Gasteiger partial charge in [-0.3, -0.25) is 14.9 Å². The lowest BCUT2D eigenvalue weighted by molar-refractivity contribution is -0.384. The number of nitro benzene ring substituents is 1. The fourth-order valence-electron chi connectivity index (χ4n) is 2.73. The molecule has 0 aliphatic carbocycles. The zero-order valence-electron chi connectivity index (χ0n) is 14.9. The first-order valence-corrected chi connectivity index (χ1v) is 8.36. The summed E-state index contributed by atoms with van der Waals surface area (Å²) in [6.07, 6.45) is 0. The van der Waals surface area contributed by atoms with Crippen LogP contribution in [0.15, 0.2) is 60.7 Å². The van der Waals surface area contributed by atoms with E-state index in [-0.39, 0.29) is 17.3 Å². The highest BCUT2D eigenvalue weighted by Gasteiger charge is 2.17. The molecular formula is C20H19N3O4. The van der Waals surface area contributed by atoms with Crippen LogP contribution < -0.4 is 15.4 Å². The monoisotopic (exact) mass is 365 g/mol. The number of benzene rings is 3. The summed E-state index contributed by atoms with van der Waals surface area (Å²) in [4.78, 5) is 22.8. The molecule has 0 aliphatic heterocycles. The van der Waals surface area contributed by atoms with Crippen LogP contribution in [0.5, 0.6) is 5.75 Å². The highest BCUT2D eigenvalue weighted by atomic mass is 16.6. The standard InChI is InChI=1S/C20H19N3O4/c1-13(21-16-8-7-14-5-3-4-6-15(14)11-16)20(24)22-18-10-9-17(23(25)26)12-19(18)27-2/h3-13,21H,1-2H3,(H,22,24)/t13-/m1/s1. The molecule has 0 bridgehead atoms. The third kappa shape index (κ3) is 4.14. The molecule has 0 spiro atoms. The largest absolute Gasteiger partial charge is 0.494 e. The van der Waals surface area contributed by atoms with Crippen molar-refractivity contribution in [2.45, 2.75) is 13.0 Å². The minimum atomic E-state index is -0.522. The van der Waals surface area contributed by atoms with Gasteiger partial charge in [0.1, 0.15) is 11.8 Å². The van der Waals surface area contributed by atoms with E-state index in [1.165, 1.54) is 25.3 Å². The van der Waals surface area contributed by atoms with Gasteiger partial charge in [-0.2, -0.15) is 0 Å². The molecule has 3 rings (SSSR count). The van der Waals surface area contributed by atoms with Crippen LogP contribution in [-0.2, 0) is 4.79 Å². The van der Waals surface area contributed by atoms with Crippen LogP contribution >= 0.6 is 0 Å². The first-order chi connectivity index (χ1) is 13.0. The maximum absolute atomic E-state index is 12.5. The van der Waals surface area contributed by atoms with Crippen molar-refractivity contribution in [3.05, 3.63) is 70.8 Å². The summed E-state index contributed by atoms with van der Waals surface area (Å²) < 4.78 is 5.14. The van der Waals surface area contributed by atoms with Crippen molar-refractivity contribution in [1.82, 2.24) is 0 Å². The van der Waals surface area contributed by atoms with Crippen LogP contribution in [0.25, 0.3) is 10.8 Å². The summed E-state index contributed by atoms with van der Waals surface area (Å²) in [5, 5.41) is 19.0. The summed E-state index contributed by atoms with van der Waals surface area (Å²) in [6.45, 7) is 1.74. The number of methoxy groups -OCH3 is 1. The highest BCUT2D eigenvalue weighted by Crippen LogP contribution is 2.29. The van der Waals surface area contributed by atoms with Crippen molar-refractivity contribution in [2.75, 3.05) is 17.7 Å². The Morgan fingerprint density at radius 3 is 2.52 bits per heavy atom. The lowest BCUT2D eigenvalue weighted by Crippen LogP contribution is -2.32. The molecule has 0 fully saturated rings. The van der Waals surface area contributed by atoms with Crippen LogP contribution in [-0.4, -0.2) is 24.0 Å². The maximum Gasteiger partial charge on any atom is 0.273 e. The second kappa shape index (κ2) is 7.74. The average Bonchev–Trinajstić information content (AvgIpc) is 2.67. The molecule has 0 heterocycles. The van der Waals surface area contributed by atoms with Gasteiger partial charge < -0.3 is 15.4 Å². The predicted octanol–water partition coefficient (Wildman–Crippen LogP) is 4.20. The van der Waals surface area contributed by atoms with Gasteiger partial charge in [0.15, 0.2) is 0 Å². The molecule has 27 heavy (non-hydrogen) atoms. The van der Waals surface area contributed by atoms with Gasteiger partial charge >= 0.3 is 0 Å². The van der Waals surface area contributed by atoms with Gasteiger partial charge in [0.2, 0.25) is 5.91 Å². The van der Waals surface area contributed by atoms with Crippen LogP contribution in [0.2, 0.25) is 0 Å². The van der Waals surface area contributed by atoms with Crippen molar-refractivity contribution in [3.63, 3.8) is 0 Å². The smallest absolute Gasteiger partial charge is 0.273 e. The number of carbonyl (C=O) groups excluding carboxylic acids is 1. The Bertz CT molecular complexity index is 1000. The summed E-state index contributed by atoms with van der Waals surface area (Å²) in [6, 6.07) is 17.4. The zero-order chi connectivity index (χ0) is 19.4. The molecule has 3 aromatic carbocycles. The molecule has 0 saturated carbocycles. The number of amides is 1. The number of anilines is 2. The molecule has 3 aromatic rings. The fourth-order valence-corrected chi connectivity index (χ4v) is 2.73. The van der Waals surface area contributed by atoms with Crippen LogP contribution in [0.1, 0.15) is 6.92 Å². The number of fused-ring (bicyclic) bond motifs is 1. The van der Waals surface area contributed by atoms with E-state index in [1.54, 1.807) is 6.92 Å². The molecule has 7 nitrogen and oxygen atoms in total. The number of hydrogen-bond donors (Lipinski definition) is 2. The molecule has 7 heteroatoms. The number of hydrogen-bond acceptors (Lipinski definition) is 5. The minimum absolute atomic E-state index is 0.104. The molecule has 0 unspecified atom stereocenters. The van der Waals surface area contributed by atoms with Crippen molar-refractivity contribution in [3.8, 4) is 5.75 Å². The van der Waals surface area contributed by atoms with Gasteiger partial charge in [-0.1, -0.05) is 30.3 Å². The van der Waals surface area contributed by atoms with Crippen molar-refractivity contribution >= 4 is 33.7 Å². The van der Waals surface area contributed by atoms with E-state index >= 15 is 0 Å². The van der Waals surface area contributed by atoms with Gasteiger partial charge in [0.05, 0.1) is 23.8 Å². The topological polar surface area (TPSA) is 93.5 Å². The molecule has 0 aromatic heterocycles. The van der Waals surface area contributed by atoms with Crippen LogP contribution in [0.4, 0.5) is 17.1 Å². The molecule has 0 aliphatic rings. The molecule has 0 radical (unpaired) electrons. The lowest BCUT2D eigenvalue weighted by Gasteiger charge is -2.17. The first-order valence-electron chi connectivity index (χ1n) is 8.36. The highest BCUT2D eigenvalue weighted by molar-refractivity contribution is 5.98. The summed E-state index contributed by atoms with van der Waals surface area (Å²) >= 11 is 0. The number of nitrogens with one attached hydrogen (secondary N) is 2. The molecular weight excluding hydrogens is 346 g/mol. The Balaban J connectivity index is 1.72. The summed E-state index contributed by atoms with van der Waals surface area (Å²) in [7, 11) is 1.39. The van der Waals surface area contributed by atoms with E-state index in [1.807, 2.05) is 42.5 Å². The molecule has 0 saturated heterocycles. The molecule has 1 amide bonds. The van der Waals surface area contributed by atoms with E-state index in [0.717, 1.165) is 16.5 Å². The SMILES string of the molecule is COc1cc([N+](=O)[O-])ccc1NC(=O)[C@@H](C)Nc1ccc2ccccc2c1. The molecule has 2 N–H and O–H groups in total. The second-order valence-corrected chi connectivity index (χ2v) is 6.06. The fraction of sp³-hybridized carbons (Fsp3) is 0.150.